The van der Waals surface area contributed by atoms with Crippen LogP contribution in [0.1, 0.15) is 12.5 Å². The molecule has 0 N–H and O–H groups in total. The van der Waals surface area contributed by atoms with Crippen LogP contribution in [0.4, 0.5) is 0 Å². The number of benzene rings is 2. The number of carbonyl (C=O) groups excluding carboxylic acids is 2. The summed E-state index contributed by atoms with van der Waals surface area (Å²) in [6.45, 7) is 2.09. The zero-order valence-corrected chi connectivity index (χ0v) is 15.7. The van der Waals surface area contributed by atoms with Gasteiger partial charge in [-0.05, 0) is 36.8 Å². The van der Waals surface area contributed by atoms with Crippen LogP contribution in [0.25, 0.3) is 10.2 Å². The highest BCUT2D eigenvalue weighted by Crippen LogP contribution is 2.17. The van der Waals surface area contributed by atoms with Gasteiger partial charge in [0.25, 0.3) is 5.91 Å². The molecule has 0 saturated carbocycles. The standard InChI is InChI=1S/C19H17ClN2O3S/c1-2-25-18(24)12-22-15-5-3-4-6-16(15)26-19(22)21-17(23)11-13-7-9-14(20)10-8-13/h3-10H,2,11-12H2,1H3. The van der Waals surface area contributed by atoms with Gasteiger partial charge in [-0.25, -0.2) is 0 Å². The second-order valence-electron chi connectivity index (χ2n) is 5.55. The highest BCUT2D eigenvalue weighted by Gasteiger charge is 2.12. The maximum atomic E-state index is 12.4. The first kappa shape index (κ1) is 18.4. The Bertz CT molecular complexity index is 1010. The van der Waals surface area contributed by atoms with Crippen molar-refractivity contribution in [3.63, 3.8) is 0 Å². The molecule has 0 saturated heterocycles. The molecule has 0 spiro atoms. The summed E-state index contributed by atoms with van der Waals surface area (Å²) in [6, 6.07) is 14.7. The molecular weight excluding hydrogens is 372 g/mol. The molecule has 1 amide bonds. The predicted molar refractivity (Wildman–Crippen MR) is 102 cm³/mol. The van der Waals surface area contributed by atoms with Crippen molar-refractivity contribution in [2.75, 3.05) is 6.61 Å². The van der Waals surface area contributed by atoms with E-state index in [1.54, 1.807) is 35.8 Å². The molecule has 0 fully saturated rings. The number of aromatic nitrogens is 1. The van der Waals surface area contributed by atoms with Gasteiger partial charge in [-0.15, -0.1) is 0 Å². The Kier molecular flexibility index (Phi) is 5.85. The van der Waals surface area contributed by atoms with Gasteiger partial charge in [0.2, 0.25) is 0 Å². The molecular formula is C19H17ClN2O3S. The fourth-order valence-corrected chi connectivity index (χ4v) is 3.69. The third-order valence-electron chi connectivity index (χ3n) is 3.67. The molecule has 0 unspecified atom stereocenters. The SMILES string of the molecule is CCOC(=O)Cn1c(=NC(=O)Cc2ccc(Cl)cc2)sc2ccccc21. The summed E-state index contributed by atoms with van der Waals surface area (Å²) in [5, 5.41) is 0.620. The fraction of sp³-hybridized carbons (Fsp3) is 0.211. The summed E-state index contributed by atoms with van der Waals surface area (Å²) in [7, 11) is 0. The fourth-order valence-electron chi connectivity index (χ4n) is 2.52. The van der Waals surface area contributed by atoms with Gasteiger partial charge in [-0.2, -0.15) is 4.99 Å². The highest BCUT2D eigenvalue weighted by molar-refractivity contribution is 7.16. The Hall–Kier alpha value is -2.44. The molecule has 0 aliphatic carbocycles. The van der Waals surface area contributed by atoms with Crippen LogP contribution in [0, 0.1) is 0 Å². The predicted octanol–water partition coefficient (Wildman–Crippen LogP) is 3.59. The van der Waals surface area contributed by atoms with Gasteiger partial charge in [-0.1, -0.05) is 47.2 Å². The summed E-state index contributed by atoms with van der Waals surface area (Å²) in [5.41, 5.74) is 1.68. The number of carbonyl (C=O) groups is 2. The lowest BCUT2D eigenvalue weighted by Crippen LogP contribution is -2.23. The Balaban J connectivity index is 1.94. The van der Waals surface area contributed by atoms with Crippen LogP contribution in [-0.2, 0) is 27.3 Å². The summed E-state index contributed by atoms with van der Waals surface area (Å²) in [6.07, 6.45) is 0.171. The first-order chi connectivity index (χ1) is 12.6. The van der Waals surface area contributed by atoms with E-state index in [0.717, 1.165) is 15.8 Å². The second-order valence-corrected chi connectivity index (χ2v) is 7.00. The zero-order chi connectivity index (χ0) is 18.5. The maximum absolute atomic E-state index is 12.4. The highest BCUT2D eigenvalue weighted by atomic mass is 35.5. The van der Waals surface area contributed by atoms with Gasteiger partial charge >= 0.3 is 5.97 Å². The summed E-state index contributed by atoms with van der Waals surface area (Å²) < 4.78 is 7.71. The lowest BCUT2D eigenvalue weighted by Gasteiger charge is -2.05. The number of hydrogen-bond acceptors (Lipinski definition) is 4. The van der Waals surface area contributed by atoms with Crippen molar-refractivity contribution in [2.24, 2.45) is 4.99 Å². The molecule has 2 aromatic carbocycles. The molecule has 26 heavy (non-hydrogen) atoms. The number of halogens is 1. The Morgan fingerprint density at radius 2 is 1.88 bits per heavy atom. The number of fused-ring (bicyclic) bond motifs is 1. The monoisotopic (exact) mass is 388 g/mol. The number of thiazole rings is 1. The van der Waals surface area contributed by atoms with Crippen molar-refractivity contribution in [1.29, 1.82) is 0 Å². The minimum Gasteiger partial charge on any atom is -0.465 e. The first-order valence-electron chi connectivity index (χ1n) is 8.13. The largest absolute Gasteiger partial charge is 0.465 e. The lowest BCUT2D eigenvalue weighted by atomic mass is 10.1. The van der Waals surface area contributed by atoms with E-state index >= 15 is 0 Å². The summed E-state index contributed by atoms with van der Waals surface area (Å²) in [5.74, 6) is -0.640. The van der Waals surface area contributed by atoms with E-state index in [0.29, 0.717) is 16.4 Å². The third-order valence-corrected chi connectivity index (χ3v) is 4.98. The van der Waals surface area contributed by atoms with E-state index in [9.17, 15) is 9.59 Å². The van der Waals surface area contributed by atoms with Crippen molar-refractivity contribution in [2.45, 2.75) is 19.9 Å². The topological polar surface area (TPSA) is 60.7 Å². The van der Waals surface area contributed by atoms with Crippen LogP contribution in [0.15, 0.2) is 53.5 Å². The molecule has 134 valence electrons. The number of esters is 1. The summed E-state index contributed by atoms with van der Waals surface area (Å²) >= 11 is 7.24. The van der Waals surface area contributed by atoms with E-state index in [-0.39, 0.29) is 24.8 Å². The number of rotatable bonds is 5. The molecule has 0 radical (unpaired) electrons. The number of ether oxygens (including phenoxy) is 1. The second kappa shape index (κ2) is 8.29. The molecule has 5 nitrogen and oxygen atoms in total. The lowest BCUT2D eigenvalue weighted by molar-refractivity contribution is -0.143. The van der Waals surface area contributed by atoms with Crippen molar-refractivity contribution in [3.8, 4) is 0 Å². The van der Waals surface area contributed by atoms with E-state index in [1.807, 2.05) is 24.3 Å². The van der Waals surface area contributed by atoms with Crippen molar-refractivity contribution >= 4 is 45.0 Å². The number of hydrogen-bond donors (Lipinski definition) is 0. The molecule has 0 aliphatic rings. The van der Waals surface area contributed by atoms with Crippen LogP contribution in [-0.4, -0.2) is 23.1 Å². The van der Waals surface area contributed by atoms with E-state index in [1.165, 1.54) is 11.3 Å². The molecule has 3 aromatic rings. The van der Waals surface area contributed by atoms with Crippen LogP contribution in [0.5, 0.6) is 0 Å². The first-order valence-corrected chi connectivity index (χ1v) is 9.32. The van der Waals surface area contributed by atoms with Gasteiger partial charge in [0.15, 0.2) is 4.80 Å². The molecule has 1 aromatic heterocycles. The quantitative estimate of drug-likeness (QED) is 0.627. The smallest absolute Gasteiger partial charge is 0.326 e. The average Bonchev–Trinajstić information content (AvgIpc) is 2.94. The van der Waals surface area contributed by atoms with E-state index in [4.69, 9.17) is 16.3 Å². The zero-order valence-electron chi connectivity index (χ0n) is 14.1. The third kappa shape index (κ3) is 4.39. The van der Waals surface area contributed by atoms with Crippen molar-refractivity contribution < 1.29 is 14.3 Å². The number of amides is 1. The van der Waals surface area contributed by atoms with Gasteiger partial charge in [0, 0.05) is 5.02 Å². The van der Waals surface area contributed by atoms with Crippen LogP contribution >= 0.6 is 22.9 Å². The Morgan fingerprint density at radius 1 is 1.15 bits per heavy atom. The van der Waals surface area contributed by atoms with Crippen molar-refractivity contribution in [1.82, 2.24) is 4.57 Å². The van der Waals surface area contributed by atoms with Crippen LogP contribution < -0.4 is 4.80 Å². The number of para-hydroxylation sites is 1. The molecule has 0 atom stereocenters. The van der Waals surface area contributed by atoms with Gasteiger partial charge in [0.1, 0.15) is 6.54 Å². The number of nitrogens with zero attached hydrogens (tertiary/aromatic N) is 2. The summed E-state index contributed by atoms with van der Waals surface area (Å²) in [4.78, 5) is 29.0. The molecule has 0 aliphatic heterocycles. The minimum absolute atomic E-state index is 0.0188. The van der Waals surface area contributed by atoms with Gasteiger partial charge in [-0.3, -0.25) is 9.59 Å². The van der Waals surface area contributed by atoms with Crippen LogP contribution in [0.2, 0.25) is 5.02 Å². The van der Waals surface area contributed by atoms with E-state index < -0.39 is 0 Å². The molecule has 1 heterocycles. The maximum Gasteiger partial charge on any atom is 0.326 e. The normalized spacial score (nSPS) is 11.7. The Labute approximate surface area is 159 Å². The van der Waals surface area contributed by atoms with Gasteiger partial charge < -0.3 is 9.30 Å². The van der Waals surface area contributed by atoms with Crippen LogP contribution in [0.3, 0.4) is 0 Å². The van der Waals surface area contributed by atoms with E-state index in [2.05, 4.69) is 4.99 Å². The van der Waals surface area contributed by atoms with Gasteiger partial charge in [0.05, 0.1) is 23.2 Å². The van der Waals surface area contributed by atoms with Crippen molar-refractivity contribution in [3.05, 3.63) is 63.9 Å². The molecule has 3 rings (SSSR count). The molecule has 0 bridgehead atoms. The Morgan fingerprint density at radius 3 is 2.62 bits per heavy atom. The molecule has 7 heteroatoms. The average molecular weight is 389 g/mol. The minimum atomic E-state index is -0.359.